The van der Waals surface area contributed by atoms with E-state index in [1.54, 1.807) is 13.2 Å². The van der Waals surface area contributed by atoms with E-state index in [4.69, 9.17) is 27.2 Å². The number of pyridine rings is 1. The van der Waals surface area contributed by atoms with Crippen LogP contribution < -0.4 is 10.5 Å². The maximum absolute atomic E-state index is 14.3. The third-order valence-corrected chi connectivity index (χ3v) is 7.60. The van der Waals surface area contributed by atoms with Gasteiger partial charge in [0.15, 0.2) is 0 Å². The Morgan fingerprint density at radius 1 is 1.24 bits per heavy atom. The quantitative estimate of drug-likeness (QED) is 0.359. The molecule has 3 N–H and O–H groups in total. The molecule has 1 aromatic carbocycles. The summed E-state index contributed by atoms with van der Waals surface area (Å²) in [5, 5.41) is 5.76. The zero-order valence-electron chi connectivity index (χ0n) is 19.6. The molecule has 0 aliphatic heterocycles. The third kappa shape index (κ3) is 3.87. The van der Waals surface area contributed by atoms with Gasteiger partial charge in [-0.1, -0.05) is 18.5 Å². The maximum atomic E-state index is 14.3. The lowest BCUT2D eigenvalue weighted by Gasteiger charge is -2.27. The summed E-state index contributed by atoms with van der Waals surface area (Å²) in [6.45, 7) is 4.11. The standard InChI is InChI=1S/C26H29ClFN5O/c1-14(24-23(34-3)9-8-22(28)25(24)27)20-12-31-26-19(20)10-16(11-30-26)21-13-32-33(15(21)2)18-6-4-17(29)5-7-18/h8-14,17-18H,4-7,29H2,1-3H3,(H,30,31). The topological polar surface area (TPSA) is 81.8 Å². The predicted octanol–water partition coefficient (Wildman–Crippen LogP) is 6.13. The Kier molecular flexibility index (Phi) is 6.08. The van der Waals surface area contributed by atoms with Crippen molar-refractivity contribution in [3.63, 3.8) is 0 Å². The zero-order valence-corrected chi connectivity index (χ0v) is 20.4. The van der Waals surface area contributed by atoms with E-state index in [9.17, 15) is 4.39 Å². The molecule has 1 aliphatic rings. The molecule has 3 heterocycles. The van der Waals surface area contributed by atoms with Gasteiger partial charge < -0.3 is 15.5 Å². The largest absolute Gasteiger partial charge is 0.496 e. The second-order valence-electron chi connectivity index (χ2n) is 9.22. The van der Waals surface area contributed by atoms with Gasteiger partial charge in [-0.25, -0.2) is 9.37 Å². The SMILES string of the molecule is COc1ccc(F)c(Cl)c1C(C)c1c[nH]c2ncc(-c3cnn(C4CCC(N)CC4)c3C)cc12. The number of nitrogens with zero attached hydrogens (tertiary/aromatic N) is 3. The molecule has 1 saturated carbocycles. The van der Waals surface area contributed by atoms with Gasteiger partial charge in [-0.2, -0.15) is 5.10 Å². The van der Waals surface area contributed by atoms with E-state index in [0.717, 1.165) is 59.1 Å². The van der Waals surface area contributed by atoms with E-state index < -0.39 is 5.82 Å². The van der Waals surface area contributed by atoms with E-state index in [2.05, 4.69) is 27.6 Å². The smallest absolute Gasteiger partial charge is 0.142 e. The summed E-state index contributed by atoms with van der Waals surface area (Å²) < 4.78 is 21.9. The minimum atomic E-state index is -0.463. The molecular weight excluding hydrogens is 453 g/mol. The first kappa shape index (κ1) is 22.9. The lowest BCUT2D eigenvalue weighted by molar-refractivity contribution is 0.300. The number of H-pyrrole nitrogens is 1. The van der Waals surface area contributed by atoms with Gasteiger partial charge in [0, 0.05) is 52.1 Å². The second-order valence-corrected chi connectivity index (χ2v) is 9.60. The first-order valence-electron chi connectivity index (χ1n) is 11.7. The number of aromatic amines is 1. The van der Waals surface area contributed by atoms with Crippen molar-refractivity contribution in [2.75, 3.05) is 7.11 Å². The number of hydrogen-bond acceptors (Lipinski definition) is 4. The highest BCUT2D eigenvalue weighted by atomic mass is 35.5. The molecule has 1 fully saturated rings. The summed E-state index contributed by atoms with van der Waals surface area (Å²) in [6, 6.07) is 5.75. The summed E-state index contributed by atoms with van der Waals surface area (Å²) >= 11 is 6.37. The fourth-order valence-electron chi connectivity index (χ4n) is 5.24. The summed E-state index contributed by atoms with van der Waals surface area (Å²) in [4.78, 5) is 7.91. The Labute approximate surface area is 203 Å². The van der Waals surface area contributed by atoms with Crippen molar-refractivity contribution in [3.05, 3.63) is 64.5 Å². The Bertz CT molecular complexity index is 1340. The van der Waals surface area contributed by atoms with Gasteiger partial charge in [0.25, 0.3) is 0 Å². The van der Waals surface area contributed by atoms with E-state index in [-0.39, 0.29) is 10.9 Å². The molecule has 0 bridgehead atoms. The van der Waals surface area contributed by atoms with Crippen LogP contribution in [0.15, 0.2) is 36.8 Å². The Morgan fingerprint density at radius 2 is 2.00 bits per heavy atom. The van der Waals surface area contributed by atoms with Gasteiger partial charge in [0.05, 0.1) is 24.4 Å². The normalized spacial score (nSPS) is 19.5. The summed E-state index contributed by atoms with van der Waals surface area (Å²) in [7, 11) is 1.56. The van der Waals surface area contributed by atoms with Crippen molar-refractivity contribution in [2.45, 2.75) is 57.5 Å². The molecule has 3 aromatic heterocycles. The number of rotatable bonds is 5. The molecule has 34 heavy (non-hydrogen) atoms. The minimum absolute atomic E-state index is 0.0784. The minimum Gasteiger partial charge on any atom is -0.496 e. The van der Waals surface area contributed by atoms with Crippen LogP contribution in [0.3, 0.4) is 0 Å². The van der Waals surface area contributed by atoms with Crippen LogP contribution in [0.2, 0.25) is 5.02 Å². The number of aromatic nitrogens is 4. The van der Waals surface area contributed by atoms with Crippen molar-refractivity contribution in [2.24, 2.45) is 5.73 Å². The van der Waals surface area contributed by atoms with Crippen LogP contribution in [-0.4, -0.2) is 32.9 Å². The Balaban J connectivity index is 1.54. The molecule has 0 spiro atoms. The molecule has 8 heteroatoms. The number of methoxy groups -OCH3 is 1. The maximum Gasteiger partial charge on any atom is 0.142 e. The molecule has 4 aromatic rings. The van der Waals surface area contributed by atoms with Crippen LogP contribution in [-0.2, 0) is 0 Å². The van der Waals surface area contributed by atoms with Crippen molar-refractivity contribution in [3.8, 4) is 16.9 Å². The molecule has 0 saturated heterocycles. The average molecular weight is 482 g/mol. The van der Waals surface area contributed by atoms with Crippen molar-refractivity contribution < 1.29 is 9.13 Å². The van der Waals surface area contributed by atoms with Crippen molar-refractivity contribution in [1.29, 1.82) is 0 Å². The van der Waals surface area contributed by atoms with Gasteiger partial charge in [0.2, 0.25) is 0 Å². The van der Waals surface area contributed by atoms with Gasteiger partial charge in [-0.15, -0.1) is 0 Å². The van der Waals surface area contributed by atoms with E-state index in [1.165, 1.54) is 6.07 Å². The van der Waals surface area contributed by atoms with Crippen LogP contribution in [0, 0.1) is 12.7 Å². The van der Waals surface area contributed by atoms with Gasteiger partial charge in [-0.05, 0) is 56.4 Å². The number of benzene rings is 1. The zero-order chi connectivity index (χ0) is 24.0. The molecule has 1 atom stereocenters. The summed E-state index contributed by atoms with van der Waals surface area (Å²) in [5.74, 6) is -0.115. The van der Waals surface area contributed by atoms with Crippen LogP contribution >= 0.6 is 11.6 Å². The number of halogens is 2. The monoisotopic (exact) mass is 481 g/mol. The van der Waals surface area contributed by atoms with Crippen LogP contribution in [0.1, 0.15) is 61.4 Å². The van der Waals surface area contributed by atoms with Crippen molar-refractivity contribution >= 4 is 22.6 Å². The molecule has 178 valence electrons. The number of fused-ring (bicyclic) bond motifs is 1. The number of hydrogen-bond donors (Lipinski definition) is 2. The van der Waals surface area contributed by atoms with Crippen molar-refractivity contribution in [1.82, 2.24) is 19.7 Å². The van der Waals surface area contributed by atoms with Gasteiger partial charge >= 0.3 is 0 Å². The van der Waals surface area contributed by atoms with E-state index >= 15 is 0 Å². The molecule has 1 aliphatic carbocycles. The molecule has 0 radical (unpaired) electrons. The molecule has 0 amide bonds. The molecular formula is C26H29ClFN5O. The first-order valence-corrected chi connectivity index (χ1v) is 12.1. The van der Waals surface area contributed by atoms with Crippen LogP contribution in [0.4, 0.5) is 4.39 Å². The van der Waals surface area contributed by atoms with Gasteiger partial charge in [-0.3, -0.25) is 4.68 Å². The fraction of sp³-hybridized carbons (Fsp3) is 0.385. The summed E-state index contributed by atoms with van der Waals surface area (Å²) in [6.07, 6.45) is 9.87. The molecule has 5 rings (SSSR count). The average Bonchev–Trinajstić information content (AvgIpc) is 3.44. The third-order valence-electron chi connectivity index (χ3n) is 7.22. The highest BCUT2D eigenvalue weighted by Gasteiger charge is 2.25. The highest BCUT2D eigenvalue weighted by molar-refractivity contribution is 6.31. The number of nitrogens with two attached hydrogens (primary N) is 1. The molecule has 1 unspecified atom stereocenters. The predicted molar refractivity (Wildman–Crippen MR) is 133 cm³/mol. The second kappa shape index (κ2) is 9.04. The van der Waals surface area contributed by atoms with Crippen LogP contribution in [0.25, 0.3) is 22.2 Å². The Hall–Kier alpha value is -2.90. The van der Waals surface area contributed by atoms with Crippen LogP contribution in [0.5, 0.6) is 5.75 Å². The lowest BCUT2D eigenvalue weighted by atomic mass is 9.91. The van der Waals surface area contributed by atoms with E-state index in [1.807, 2.05) is 25.5 Å². The highest BCUT2D eigenvalue weighted by Crippen LogP contribution is 2.41. The number of nitrogens with one attached hydrogen (secondary N) is 1. The van der Waals surface area contributed by atoms with E-state index in [0.29, 0.717) is 23.4 Å². The van der Waals surface area contributed by atoms with Gasteiger partial charge in [0.1, 0.15) is 17.2 Å². The Morgan fingerprint density at radius 3 is 2.74 bits per heavy atom. The molecule has 6 nitrogen and oxygen atoms in total. The fourth-order valence-corrected chi connectivity index (χ4v) is 5.56. The lowest BCUT2D eigenvalue weighted by Crippen LogP contribution is -2.28. The number of ether oxygens (including phenoxy) is 1. The summed E-state index contributed by atoms with van der Waals surface area (Å²) in [5.41, 5.74) is 11.6. The first-order chi connectivity index (χ1) is 16.4.